The number of anilines is 1. The van der Waals surface area contributed by atoms with Gasteiger partial charge in [0, 0.05) is 29.3 Å². The Morgan fingerprint density at radius 3 is 2.87 bits per heavy atom. The molecule has 0 radical (unpaired) electrons. The van der Waals surface area contributed by atoms with E-state index in [9.17, 15) is 0 Å². The fourth-order valence-electron chi connectivity index (χ4n) is 1.84. The van der Waals surface area contributed by atoms with Gasteiger partial charge in [0.25, 0.3) is 0 Å². The molecule has 2 aromatic rings. The molecule has 1 aromatic heterocycles. The van der Waals surface area contributed by atoms with Crippen LogP contribution in [0.4, 0.5) is 5.69 Å². The van der Waals surface area contributed by atoms with Crippen molar-refractivity contribution in [3.05, 3.63) is 30.5 Å². The number of rotatable bonds is 3. The van der Waals surface area contributed by atoms with Crippen molar-refractivity contribution in [1.82, 2.24) is 4.57 Å². The summed E-state index contributed by atoms with van der Waals surface area (Å²) < 4.78 is 2.31. The van der Waals surface area contributed by atoms with Gasteiger partial charge in [0.2, 0.25) is 0 Å². The van der Waals surface area contributed by atoms with E-state index in [4.69, 9.17) is 5.73 Å². The van der Waals surface area contributed by atoms with Gasteiger partial charge in [-0.2, -0.15) is 0 Å². The summed E-state index contributed by atoms with van der Waals surface area (Å²) >= 11 is 0. The molecule has 1 unspecified atom stereocenters. The SMILES string of the molecule is CCC(C)Cn1ccc2cc(N)ccc21. The largest absolute Gasteiger partial charge is 0.399 e. The highest BCUT2D eigenvalue weighted by molar-refractivity contribution is 5.83. The van der Waals surface area contributed by atoms with Crippen molar-refractivity contribution in [3.63, 3.8) is 0 Å². The standard InChI is InChI=1S/C13H18N2/c1-3-10(2)9-15-7-6-11-8-12(14)4-5-13(11)15/h4-8,10H,3,9,14H2,1-2H3. The number of nitrogens with two attached hydrogens (primary N) is 1. The number of hydrogen-bond donors (Lipinski definition) is 1. The van der Waals surface area contributed by atoms with Gasteiger partial charge in [0.05, 0.1) is 0 Å². The molecule has 80 valence electrons. The molecule has 0 saturated carbocycles. The van der Waals surface area contributed by atoms with E-state index < -0.39 is 0 Å². The van der Waals surface area contributed by atoms with Crippen LogP contribution in [0.2, 0.25) is 0 Å². The number of nitrogen functional groups attached to an aromatic ring is 1. The second kappa shape index (κ2) is 3.97. The van der Waals surface area contributed by atoms with E-state index >= 15 is 0 Å². The zero-order valence-corrected chi connectivity index (χ0v) is 9.40. The maximum absolute atomic E-state index is 5.75. The third-order valence-electron chi connectivity index (χ3n) is 3.00. The van der Waals surface area contributed by atoms with Gasteiger partial charge in [0.15, 0.2) is 0 Å². The molecule has 0 aliphatic rings. The fourth-order valence-corrected chi connectivity index (χ4v) is 1.84. The van der Waals surface area contributed by atoms with Crippen molar-refractivity contribution in [1.29, 1.82) is 0 Å². The van der Waals surface area contributed by atoms with Gasteiger partial charge in [-0.05, 0) is 30.2 Å². The van der Waals surface area contributed by atoms with Crippen LogP contribution >= 0.6 is 0 Å². The van der Waals surface area contributed by atoms with Gasteiger partial charge in [-0.3, -0.25) is 0 Å². The Hall–Kier alpha value is -1.44. The average molecular weight is 202 g/mol. The minimum Gasteiger partial charge on any atom is -0.399 e. The second-order valence-electron chi connectivity index (χ2n) is 4.30. The monoisotopic (exact) mass is 202 g/mol. The first-order valence-corrected chi connectivity index (χ1v) is 5.55. The zero-order valence-electron chi connectivity index (χ0n) is 9.40. The Labute approximate surface area is 90.7 Å². The number of benzene rings is 1. The molecular weight excluding hydrogens is 184 g/mol. The molecule has 0 fully saturated rings. The first-order chi connectivity index (χ1) is 7.20. The van der Waals surface area contributed by atoms with E-state index in [1.165, 1.54) is 17.3 Å². The summed E-state index contributed by atoms with van der Waals surface area (Å²) in [4.78, 5) is 0. The van der Waals surface area contributed by atoms with Crippen LogP contribution in [0.5, 0.6) is 0 Å². The Morgan fingerprint density at radius 2 is 2.13 bits per heavy atom. The third-order valence-corrected chi connectivity index (χ3v) is 3.00. The highest BCUT2D eigenvalue weighted by Crippen LogP contribution is 2.20. The lowest BCUT2D eigenvalue weighted by Gasteiger charge is -2.11. The van der Waals surface area contributed by atoms with E-state index in [0.29, 0.717) is 0 Å². The van der Waals surface area contributed by atoms with E-state index in [-0.39, 0.29) is 0 Å². The highest BCUT2D eigenvalue weighted by atomic mass is 15.0. The number of nitrogens with zero attached hydrogens (tertiary/aromatic N) is 1. The lowest BCUT2D eigenvalue weighted by atomic mass is 10.1. The van der Waals surface area contributed by atoms with Crippen molar-refractivity contribution in [2.75, 3.05) is 5.73 Å². The summed E-state index contributed by atoms with van der Waals surface area (Å²) in [5.74, 6) is 0.721. The number of fused-ring (bicyclic) bond motifs is 1. The Bertz CT molecular complexity index is 457. The van der Waals surface area contributed by atoms with Crippen molar-refractivity contribution in [2.24, 2.45) is 5.92 Å². The van der Waals surface area contributed by atoms with Crippen molar-refractivity contribution in [3.8, 4) is 0 Å². The highest BCUT2D eigenvalue weighted by Gasteiger charge is 2.04. The molecule has 1 atom stereocenters. The maximum Gasteiger partial charge on any atom is 0.0481 e. The summed E-state index contributed by atoms with van der Waals surface area (Å²) in [5, 5.41) is 1.23. The molecule has 1 aromatic carbocycles. The Kier molecular flexibility index (Phi) is 2.67. The smallest absolute Gasteiger partial charge is 0.0481 e. The summed E-state index contributed by atoms with van der Waals surface area (Å²) in [6.45, 7) is 5.60. The zero-order chi connectivity index (χ0) is 10.8. The van der Waals surface area contributed by atoms with E-state index in [0.717, 1.165) is 18.2 Å². The van der Waals surface area contributed by atoms with Gasteiger partial charge in [-0.15, -0.1) is 0 Å². The van der Waals surface area contributed by atoms with Crippen LogP contribution in [-0.4, -0.2) is 4.57 Å². The Balaban J connectivity index is 2.36. The second-order valence-corrected chi connectivity index (χ2v) is 4.30. The molecule has 2 heteroatoms. The molecule has 1 heterocycles. The van der Waals surface area contributed by atoms with Crippen molar-refractivity contribution in [2.45, 2.75) is 26.8 Å². The predicted molar refractivity (Wildman–Crippen MR) is 65.8 cm³/mol. The average Bonchev–Trinajstić information content (AvgIpc) is 2.60. The van der Waals surface area contributed by atoms with E-state index in [1.807, 2.05) is 12.1 Å². The molecule has 0 saturated heterocycles. The molecule has 2 nitrogen and oxygen atoms in total. The van der Waals surface area contributed by atoms with Crippen LogP contribution in [0.15, 0.2) is 30.5 Å². The van der Waals surface area contributed by atoms with Gasteiger partial charge in [0.1, 0.15) is 0 Å². The third kappa shape index (κ3) is 1.99. The van der Waals surface area contributed by atoms with E-state index in [2.05, 4.69) is 36.7 Å². The van der Waals surface area contributed by atoms with Crippen LogP contribution in [-0.2, 0) is 6.54 Å². The van der Waals surface area contributed by atoms with Crippen molar-refractivity contribution < 1.29 is 0 Å². The maximum atomic E-state index is 5.75. The molecule has 2 rings (SSSR count). The summed E-state index contributed by atoms with van der Waals surface area (Å²) in [6.07, 6.45) is 3.37. The first kappa shape index (κ1) is 10.1. The lowest BCUT2D eigenvalue weighted by Crippen LogP contribution is -2.05. The lowest BCUT2D eigenvalue weighted by molar-refractivity contribution is 0.477. The van der Waals surface area contributed by atoms with Crippen LogP contribution in [0.25, 0.3) is 10.9 Å². The molecule has 0 bridgehead atoms. The molecule has 0 spiro atoms. The van der Waals surface area contributed by atoms with Gasteiger partial charge in [-0.25, -0.2) is 0 Å². The minimum absolute atomic E-state index is 0.721. The topological polar surface area (TPSA) is 30.9 Å². The van der Waals surface area contributed by atoms with Gasteiger partial charge >= 0.3 is 0 Å². The van der Waals surface area contributed by atoms with Crippen LogP contribution < -0.4 is 5.73 Å². The van der Waals surface area contributed by atoms with E-state index in [1.54, 1.807) is 0 Å². The molecule has 15 heavy (non-hydrogen) atoms. The summed E-state index contributed by atoms with van der Waals surface area (Å²) in [7, 11) is 0. The van der Waals surface area contributed by atoms with Gasteiger partial charge in [-0.1, -0.05) is 20.3 Å². The summed E-state index contributed by atoms with van der Waals surface area (Å²) in [6, 6.07) is 8.24. The van der Waals surface area contributed by atoms with Crippen LogP contribution in [0.1, 0.15) is 20.3 Å². The predicted octanol–water partition coefficient (Wildman–Crippen LogP) is 3.27. The number of aromatic nitrogens is 1. The minimum atomic E-state index is 0.721. The first-order valence-electron chi connectivity index (χ1n) is 5.55. The Morgan fingerprint density at radius 1 is 1.33 bits per heavy atom. The van der Waals surface area contributed by atoms with Crippen LogP contribution in [0.3, 0.4) is 0 Å². The van der Waals surface area contributed by atoms with Gasteiger partial charge < -0.3 is 10.3 Å². The fraction of sp³-hybridized carbons (Fsp3) is 0.385. The molecular formula is C13H18N2. The molecule has 2 N–H and O–H groups in total. The molecule has 0 aliphatic carbocycles. The normalized spacial score (nSPS) is 13.2. The number of hydrogen-bond acceptors (Lipinski definition) is 1. The molecule has 0 amide bonds. The quantitative estimate of drug-likeness (QED) is 0.761. The van der Waals surface area contributed by atoms with Crippen LogP contribution in [0, 0.1) is 5.92 Å². The molecule has 0 aliphatic heterocycles. The summed E-state index contributed by atoms with van der Waals surface area (Å²) in [5.41, 5.74) is 7.87. The van der Waals surface area contributed by atoms with Crippen molar-refractivity contribution >= 4 is 16.6 Å².